The highest BCUT2D eigenvalue weighted by molar-refractivity contribution is 6.29. The van der Waals surface area contributed by atoms with Crippen LogP contribution in [0.5, 0.6) is 0 Å². The van der Waals surface area contributed by atoms with Crippen LogP contribution in [0.25, 0.3) is 6.08 Å². The molecule has 22 heavy (non-hydrogen) atoms. The summed E-state index contributed by atoms with van der Waals surface area (Å²) in [5.74, 6) is -1.26. The van der Waals surface area contributed by atoms with Crippen LogP contribution in [-0.2, 0) is 9.59 Å². The number of carbonyl (C=O) groups excluding carboxylic acids is 3. The minimum absolute atomic E-state index is 0.0540. The zero-order valence-corrected chi connectivity index (χ0v) is 12.8. The largest absolute Gasteiger partial charge is 0.331 e. The van der Waals surface area contributed by atoms with Crippen LogP contribution in [0.4, 0.5) is 4.79 Å². The van der Waals surface area contributed by atoms with E-state index < -0.39 is 23.4 Å². The summed E-state index contributed by atoms with van der Waals surface area (Å²) in [6.07, 6.45) is 4.83. The highest BCUT2D eigenvalue weighted by atomic mass is 16.2. The van der Waals surface area contributed by atoms with Gasteiger partial charge in [0.05, 0.1) is 0 Å². The van der Waals surface area contributed by atoms with Crippen molar-refractivity contribution < 1.29 is 14.4 Å². The van der Waals surface area contributed by atoms with E-state index in [1.54, 1.807) is 32.9 Å². The van der Waals surface area contributed by atoms with Crippen LogP contribution in [0, 0.1) is 0 Å². The first kappa shape index (κ1) is 15.7. The van der Waals surface area contributed by atoms with Gasteiger partial charge in [-0.05, 0) is 32.4 Å². The molecule has 5 heteroatoms. The van der Waals surface area contributed by atoms with E-state index in [4.69, 9.17) is 0 Å². The van der Waals surface area contributed by atoms with Gasteiger partial charge in [-0.1, -0.05) is 42.5 Å². The maximum absolute atomic E-state index is 12.4. The fourth-order valence-corrected chi connectivity index (χ4v) is 2.11. The molecule has 1 aromatic carbocycles. The Morgan fingerprint density at radius 1 is 1.05 bits per heavy atom. The Balaban J connectivity index is 2.27. The van der Waals surface area contributed by atoms with E-state index >= 15 is 0 Å². The summed E-state index contributed by atoms with van der Waals surface area (Å²) in [5, 5.41) is 2.19. The van der Waals surface area contributed by atoms with Crippen molar-refractivity contribution in [3.05, 3.63) is 53.6 Å². The monoisotopic (exact) mass is 298 g/mol. The summed E-state index contributed by atoms with van der Waals surface area (Å²) >= 11 is 0. The highest BCUT2D eigenvalue weighted by Crippen LogP contribution is 2.20. The Morgan fingerprint density at radius 2 is 1.68 bits per heavy atom. The molecule has 114 valence electrons. The maximum atomic E-state index is 12.4. The number of imide groups is 2. The fraction of sp³-hybridized carbons (Fsp3) is 0.235. The number of hydrogen-bond acceptors (Lipinski definition) is 3. The van der Waals surface area contributed by atoms with Gasteiger partial charge in [0.2, 0.25) is 0 Å². The van der Waals surface area contributed by atoms with Crippen molar-refractivity contribution in [1.29, 1.82) is 0 Å². The molecular formula is C17H18N2O3. The van der Waals surface area contributed by atoms with E-state index in [1.165, 1.54) is 6.08 Å². The zero-order chi connectivity index (χ0) is 16.3. The highest BCUT2D eigenvalue weighted by Gasteiger charge is 2.41. The molecule has 0 unspecified atom stereocenters. The molecule has 0 atom stereocenters. The topological polar surface area (TPSA) is 66.5 Å². The van der Waals surface area contributed by atoms with E-state index in [9.17, 15) is 14.4 Å². The lowest BCUT2D eigenvalue weighted by molar-refractivity contribution is -0.133. The minimum atomic E-state index is -0.704. The van der Waals surface area contributed by atoms with E-state index in [2.05, 4.69) is 5.32 Å². The molecule has 1 N–H and O–H groups in total. The second-order valence-electron chi connectivity index (χ2n) is 5.92. The summed E-state index contributed by atoms with van der Waals surface area (Å²) in [6.45, 7) is 5.20. The molecule has 1 aliphatic rings. The molecule has 1 heterocycles. The van der Waals surface area contributed by atoms with Gasteiger partial charge in [-0.25, -0.2) is 4.79 Å². The lowest BCUT2D eigenvalue weighted by atomic mass is 10.0. The molecule has 1 fully saturated rings. The van der Waals surface area contributed by atoms with E-state index in [-0.39, 0.29) is 5.57 Å². The molecule has 0 bridgehead atoms. The number of carbonyl (C=O) groups is 3. The van der Waals surface area contributed by atoms with Crippen molar-refractivity contribution >= 4 is 23.9 Å². The number of nitrogens with one attached hydrogen (secondary N) is 1. The van der Waals surface area contributed by atoms with Gasteiger partial charge in [-0.3, -0.25) is 19.8 Å². The van der Waals surface area contributed by atoms with Crippen LogP contribution in [0.1, 0.15) is 26.3 Å². The van der Waals surface area contributed by atoms with Crippen molar-refractivity contribution in [2.75, 3.05) is 0 Å². The van der Waals surface area contributed by atoms with Crippen molar-refractivity contribution in [2.45, 2.75) is 26.3 Å². The number of urea groups is 1. The van der Waals surface area contributed by atoms with Crippen LogP contribution in [0.2, 0.25) is 0 Å². The molecule has 2 rings (SSSR count). The third-order valence-electron chi connectivity index (χ3n) is 3.12. The molecular weight excluding hydrogens is 280 g/mol. The zero-order valence-electron chi connectivity index (χ0n) is 12.8. The van der Waals surface area contributed by atoms with Gasteiger partial charge in [-0.15, -0.1) is 0 Å². The lowest BCUT2D eigenvalue weighted by Crippen LogP contribution is -2.60. The summed E-state index contributed by atoms with van der Waals surface area (Å²) in [7, 11) is 0. The molecule has 5 nitrogen and oxygen atoms in total. The molecule has 4 amide bonds. The van der Waals surface area contributed by atoms with Gasteiger partial charge in [0.25, 0.3) is 11.8 Å². The van der Waals surface area contributed by atoms with Crippen LogP contribution < -0.4 is 5.32 Å². The van der Waals surface area contributed by atoms with Crippen molar-refractivity contribution in [3.8, 4) is 0 Å². The smallest absolute Gasteiger partial charge is 0.273 e. The van der Waals surface area contributed by atoms with Crippen molar-refractivity contribution in [2.24, 2.45) is 0 Å². The number of barbiturate groups is 1. The first-order valence-electron chi connectivity index (χ1n) is 6.94. The molecule has 0 saturated carbocycles. The average Bonchev–Trinajstić information content (AvgIpc) is 2.41. The third kappa shape index (κ3) is 3.31. The van der Waals surface area contributed by atoms with Crippen molar-refractivity contribution in [1.82, 2.24) is 10.2 Å². The van der Waals surface area contributed by atoms with Gasteiger partial charge in [0.15, 0.2) is 0 Å². The van der Waals surface area contributed by atoms with Gasteiger partial charge in [-0.2, -0.15) is 0 Å². The maximum Gasteiger partial charge on any atom is 0.331 e. The fourth-order valence-electron chi connectivity index (χ4n) is 2.11. The van der Waals surface area contributed by atoms with Gasteiger partial charge < -0.3 is 0 Å². The summed E-state index contributed by atoms with van der Waals surface area (Å²) < 4.78 is 0. The molecule has 1 saturated heterocycles. The number of rotatable bonds is 2. The average molecular weight is 298 g/mol. The molecule has 0 spiro atoms. The van der Waals surface area contributed by atoms with Crippen LogP contribution >= 0.6 is 0 Å². The summed E-state index contributed by atoms with van der Waals surface area (Å²) in [5.41, 5.74) is 0.192. The Labute approximate surface area is 129 Å². The standard InChI is InChI=1S/C17H18N2O3/c1-17(2,3)19-15(21)13(14(20)18-16(19)22)11-7-10-12-8-5-4-6-9-12/h4-11H,1-3H3,(H,18,20,22)/b10-7+,13-11+. The van der Waals surface area contributed by atoms with E-state index in [0.29, 0.717) is 0 Å². The lowest BCUT2D eigenvalue weighted by Gasteiger charge is -2.36. The second kappa shape index (κ2) is 5.97. The molecule has 0 aliphatic carbocycles. The number of allylic oxidation sites excluding steroid dienone is 2. The van der Waals surface area contributed by atoms with Crippen LogP contribution in [-0.4, -0.2) is 28.3 Å². The Hall–Kier alpha value is -2.69. The molecule has 0 radical (unpaired) electrons. The second-order valence-corrected chi connectivity index (χ2v) is 5.92. The Morgan fingerprint density at radius 3 is 2.27 bits per heavy atom. The number of nitrogens with zero attached hydrogens (tertiary/aromatic N) is 1. The molecule has 1 aliphatic heterocycles. The Bertz CT molecular complexity index is 667. The molecule has 1 aromatic rings. The predicted octanol–water partition coefficient (Wildman–Crippen LogP) is 2.50. The van der Waals surface area contributed by atoms with Crippen LogP contribution in [0.15, 0.2) is 48.1 Å². The van der Waals surface area contributed by atoms with E-state index in [0.717, 1.165) is 10.5 Å². The van der Waals surface area contributed by atoms with Gasteiger partial charge in [0, 0.05) is 5.54 Å². The van der Waals surface area contributed by atoms with Crippen LogP contribution in [0.3, 0.4) is 0 Å². The summed E-state index contributed by atoms with van der Waals surface area (Å²) in [4.78, 5) is 37.1. The van der Waals surface area contributed by atoms with E-state index in [1.807, 2.05) is 30.3 Å². The third-order valence-corrected chi connectivity index (χ3v) is 3.12. The Kier molecular flexibility index (Phi) is 4.26. The number of benzene rings is 1. The molecule has 0 aromatic heterocycles. The van der Waals surface area contributed by atoms with Crippen molar-refractivity contribution in [3.63, 3.8) is 0 Å². The minimum Gasteiger partial charge on any atom is -0.273 e. The first-order chi connectivity index (χ1) is 10.3. The predicted molar refractivity (Wildman–Crippen MR) is 83.7 cm³/mol. The normalized spacial score (nSPS) is 18.2. The quantitative estimate of drug-likeness (QED) is 0.674. The number of amides is 4. The first-order valence-corrected chi connectivity index (χ1v) is 6.94. The van der Waals surface area contributed by atoms with Gasteiger partial charge >= 0.3 is 6.03 Å². The number of hydrogen-bond donors (Lipinski definition) is 1. The summed E-state index contributed by atoms with van der Waals surface area (Å²) in [6, 6.07) is 8.81. The SMILES string of the molecule is CC(C)(C)N1C(=O)NC(=O)/C(=C\C=C\c2ccccc2)C1=O. The van der Waals surface area contributed by atoms with Gasteiger partial charge in [0.1, 0.15) is 5.57 Å².